The lowest BCUT2D eigenvalue weighted by Crippen LogP contribution is -2.23. The van der Waals surface area contributed by atoms with Crippen LogP contribution in [0.1, 0.15) is 12.5 Å². The van der Waals surface area contributed by atoms with E-state index in [9.17, 15) is 19.7 Å². The van der Waals surface area contributed by atoms with Crippen LogP contribution in [0.3, 0.4) is 0 Å². The van der Waals surface area contributed by atoms with E-state index in [0.717, 1.165) is 11.1 Å². The van der Waals surface area contributed by atoms with Crippen LogP contribution in [0.5, 0.6) is 0 Å². The molecule has 2 amide bonds. The molecule has 0 radical (unpaired) electrons. The molecule has 9 nitrogen and oxygen atoms in total. The lowest BCUT2D eigenvalue weighted by atomic mass is 10.1. The van der Waals surface area contributed by atoms with Gasteiger partial charge in [0.1, 0.15) is 11.9 Å². The minimum absolute atomic E-state index is 0.127. The zero-order valence-electron chi connectivity index (χ0n) is 14.5. The van der Waals surface area contributed by atoms with E-state index in [1.54, 1.807) is 12.3 Å². The van der Waals surface area contributed by atoms with Crippen LogP contribution in [0.4, 0.5) is 17.2 Å². The summed E-state index contributed by atoms with van der Waals surface area (Å²) in [4.78, 5) is 35.1. The highest BCUT2D eigenvalue weighted by Crippen LogP contribution is 2.35. The Morgan fingerprint density at radius 2 is 2.00 bits per heavy atom. The van der Waals surface area contributed by atoms with Crippen molar-refractivity contribution < 1.29 is 14.5 Å². The molecule has 2 aromatic carbocycles. The quantitative estimate of drug-likeness (QED) is 0.523. The third-order valence-electron chi connectivity index (χ3n) is 4.44. The van der Waals surface area contributed by atoms with Gasteiger partial charge < -0.3 is 10.6 Å². The van der Waals surface area contributed by atoms with Crippen molar-refractivity contribution in [2.24, 2.45) is 0 Å². The monoisotopic (exact) mass is 377 g/mol. The number of hydrogen-bond acceptors (Lipinski definition) is 5. The summed E-state index contributed by atoms with van der Waals surface area (Å²) in [6.07, 6.45) is 1.51. The summed E-state index contributed by atoms with van der Waals surface area (Å²) in [5.74, 6) is -0.218. The van der Waals surface area contributed by atoms with Gasteiger partial charge in [0.25, 0.3) is 11.6 Å². The average Bonchev–Trinajstić information content (AvgIpc) is 3.22. The number of nitro groups is 1. The van der Waals surface area contributed by atoms with Crippen molar-refractivity contribution >= 4 is 29.0 Å². The van der Waals surface area contributed by atoms with Gasteiger partial charge in [0.05, 0.1) is 17.5 Å². The third-order valence-corrected chi connectivity index (χ3v) is 4.44. The number of benzene rings is 2. The van der Waals surface area contributed by atoms with E-state index in [1.807, 2.05) is 30.3 Å². The Balaban J connectivity index is 1.52. The van der Waals surface area contributed by atoms with Crippen molar-refractivity contribution in [3.63, 3.8) is 0 Å². The molecule has 1 aliphatic rings. The number of carbonyl (C=O) groups is 2. The van der Waals surface area contributed by atoms with Crippen LogP contribution in [-0.4, -0.2) is 26.5 Å². The number of nitro benzene ring substituents is 1. The summed E-state index contributed by atoms with van der Waals surface area (Å²) in [6.45, 7) is 0. The molecular formula is C19H15N5O4. The molecule has 1 atom stereocenters. The van der Waals surface area contributed by atoms with E-state index in [-0.39, 0.29) is 18.0 Å². The van der Waals surface area contributed by atoms with E-state index in [4.69, 9.17) is 0 Å². The van der Waals surface area contributed by atoms with Crippen LogP contribution < -0.4 is 10.6 Å². The molecule has 0 aliphatic carbocycles. The summed E-state index contributed by atoms with van der Waals surface area (Å²) in [7, 11) is 0. The first-order chi connectivity index (χ1) is 13.5. The molecule has 0 saturated carbocycles. The van der Waals surface area contributed by atoms with E-state index < -0.39 is 16.9 Å². The normalized spacial score (nSPS) is 15.0. The van der Waals surface area contributed by atoms with Gasteiger partial charge in [-0.05, 0) is 11.6 Å². The topological polar surface area (TPSA) is 119 Å². The molecule has 1 aliphatic heterocycles. The van der Waals surface area contributed by atoms with Crippen LogP contribution >= 0.6 is 0 Å². The minimum Gasteiger partial charge on any atom is -0.326 e. The van der Waals surface area contributed by atoms with Crippen molar-refractivity contribution in [1.29, 1.82) is 0 Å². The van der Waals surface area contributed by atoms with Crippen LogP contribution in [0.25, 0.3) is 11.1 Å². The highest BCUT2D eigenvalue weighted by Gasteiger charge is 2.35. The molecule has 2 N–H and O–H groups in total. The Kier molecular flexibility index (Phi) is 4.32. The molecule has 0 spiro atoms. The highest BCUT2D eigenvalue weighted by atomic mass is 16.6. The van der Waals surface area contributed by atoms with Crippen molar-refractivity contribution in [3.8, 4) is 11.1 Å². The maximum Gasteiger partial charge on any atom is 0.271 e. The Morgan fingerprint density at radius 3 is 2.75 bits per heavy atom. The Bertz CT molecular complexity index is 1080. The number of hydrogen-bond donors (Lipinski definition) is 2. The molecule has 0 saturated heterocycles. The summed E-state index contributed by atoms with van der Waals surface area (Å²) >= 11 is 0. The maximum absolute atomic E-state index is 12.4. The average molecular weight is 377 g/mol. The highest BCUT2D eigenvalue weighted by molar-refractivity contribution is 6.04. The third kappa shape index (κ3) is 3.20. The largest absolute Gasteiger partial charge is 0.326 e. The molecule has 28 heavy (non-hydrogen) atoms. The van der Waals surface area contributed by atoms with E-state index in [0.29, 0.717) is 11.5 Å². The molecule has 1 aromatic heterocycles. The van der Waals surface area contributed by atoms with E-state index in [1.165, 1.54) is 22.9 Å². The summed E-state index contributed by atoms with van der Waals surface area (Å²) in [6, 6.07) is 14.3. The first kappa shape index (κ1) is 17.4. The van der Waals surface area contributed by atoms with Crippen molar-refractivity contribution in [3.05, 3.63) is 70.9 Å². The molecule has 4 rings (SSSR count). The lowest BCUT2D eigenvalue weighted by Gasteiger charge is -2.09. The number of rotatable bonds is 5. The second kappa shape index (κ2) is 6.95. The van der Waals surface area contributed by atoms with Gasteiger partial charge in [-0.25, -0.2) is 4.68 Å². The van der Waals surface area contributed by atoms with Gasteiger partial charge in [0.2, 0.25) is 5.91 Å². The van der Waals surface area contributed by atoms with Crippen molar-refractivity contribution in [1.82, 2.24) is 9.78 Å². The molecule has 140 valence electrons. The van der Waals surface area contributed by atoms with Crippen molar-refractivity contribution in [2.45, 2.75) is 12.5 Å². The van der Waals surface area contributed by atoms with E-state index in [2.05, 4.69) is 15.7 Å². The van der Waals surface area contributed by atoms with Gasteiger partial charge in [-0.1, -0.05) is 36.4 Å². The number of carbonyl (C=O) groups excluding carboxylic acids is 2. The molecule has 0 bridgehead atoms. The fourth-order valence-corrected chi connectivity index (χ4v) is 3.13. The summed E-state index contributed by atoms with van der Waals surface area (Å²) in [5, 5.41) is 20.5. The second-order valence-electron chi connectivity index (χ2n) is 6.28. The van der Waals surface area contributed by atoms with Gasteiger partial charge in [0.15, 0.2) is 0 Å². The lowest BCUT2D eigenvalue weighted by molar-refractivity contribution is -0.384. The fraction of sp³-hybridized carbons (Fsp3) is 0.105. The first-order valence-corrected chi connectivity index (χ1v) is 8.51. The SMILES string of the molecule is O=C(CC1C(=O)Nc2c(-c3ccccc3)cnn21)Nc1cccc([N+](=O)[O-])c1. The van der Waals surface area contributed by atoms with Gasteiger partial charge in [-0.3, -0.25) is 19.7 Å². The number of nitrogens with zero attached hydrogens (tertiary/aromatic N) is 3. The number of aromatic nitrogens is 2. The number of nitrogens with one attached hydrogen (secondary N) is 2. The number of fused-ring (bicyclic) bond motifs is 1. The van der Waals surface area contributed by atoms with E-state index >= 15 is 0 Å². The fourth-order valence-electron chi connectivity index (χ4n) is 3.13. The van der Waals surface area contributed by atoms with Gasteiger partial charge in [0, 0.05) is 23.4 Å². The zero-order valence-corrected chi connectivity index (χ0v) is 14.5. The van der Waals surface area contributed by atoms with Crippen molar-refractivity contribution in [2.75, 3.05) is 10.6 Å². The Hall–Kier alpha value is -4.01. The van der Waals surface area contributed by atoms with Crippen LogP contribution in [0.15, 0.2) is 60.8 Å². The second-order valence-corrected chi connectivity index (χ2v) is 6.28. The molecule has 9 heteroatoms. The van der Waals surface area contributed by atoms with Crippen LogP contribution in [-0.2, 0) is 9.59 Å². The molecule has 0 fully saturated rings. The standard InChI is InChI=1S/C19H15N5O4/c25-17(21-13-7-4-8-14(9-13)24(27)28)10-16-19(26)22-18-15(11-20-23(16)18)12-5-2-1-3-6-12/h1-9,11,16H,10H2,(H,21,25)(H,22,26). The summed E-state index contributed by atoms with van der Waals surface area (Å²) in [5.41, 5.74) is 1.85. The van der Waals surface area contributed by atoms with Crippen LogP contribution in [0.2, 0.25) is 0 Å². The number of amides is 2. The smallest absolute Gasteiger partial charge is 0.271 e. The molecule has 2 heterocycles. The maximum atomic E-state index is 12.4. The van der Waals surface area contributed by atoms with Gasteiger partial charge >= 0.3 is 0 Å². The van der Waals surface area contributed by atoms with Gasteiger partial charge in [-0.2, -0.15) is 5.10 Å². The predicted molar refractivity (Wildman–Crippen MR) is 102 cm³/mol. The summed E-state index contributed by atoms with van der Waals surface area (Å²) < 4.78 is 1.50. The Morgan fingerprint density at radius 1 is 1.21 bits per heavy atom. The predicted octanol–water partition coefficient (Wildman–Crippen LogP) is 2.98. The molecule has 1 unspecified atom stereocenters. The number of anilines is 2. The zero-order chi connectivity index (χ0) is 19.7. The Labute approximate surface area is 159 Å². The first-order valence-electron chi connectivity index (χ1n) is 8.51. The van der Waals surface area contributed by atoms with Crippen LogP contribution in [0, 0.1) is 10.1 Å². The van der Waals surface area contributed by atoms with Gasteiger partial charge in [-0.15, -0.1) is 0 Å². The minimum atomic E-state index is -0.786. The molecule has 3 aromatic rings. The number of non-ortho nitro benzene ring substituents is 1. The molecular weight excluding hydrogens is 362 g/mol.